The van der Waals surface area contributed by atoms with Crippen LogP contribution in [0.25, 0.3) is 16.9 Å². The van der Waals surface area contributed by atoms with Crippen LogP contribution in [0.4, 0.5) is 4.39 Å². The zero-order chi connectivity index (χ0) is 17.8. The maximum atomic E-state index is 13.2. The first-order valence-electron chi connectivity index (χ1n) is 8.30. The lowest BCUT2D eigenvalue weighted by atomic mass is 10.1. The van der Waals surface area contributed by atoms with Crippen molar-refractivity contribution in [3.05, 3.63) is 72.2 Å². The van der Waals surface area contributed by atoms with Crippen molar-refractivity contribution in [1.82, 2.24) is 15.1 Å². The van der Waals surface area contributed by atoms with Crippen LogP contribution in [0.5, 0.6) is 0 Å². The van der Waals surface area contributed by atoms with Crippen molar-refractivity contribution < 1.29 is 9.18 Å². The molecule has 0 unspecified atom stereocenters. The van der Waals surface area contributed by atoms with E-state index in [4.69, 9.17) is 0 Å². The number of carbonyl (C=O) groups excluding carboxylic acids is 1. The number of hydrogen-bond donors (Lipinski definition) is 1. The van der Waals surface area contributed by atoms with Crippen LogP contribution in [0.2, 0.25) is 0 Å². The average molecular weight is 337 g/mol. The Balaban J connectivity index is 2.06. The predicted molar refractivity (Wildman–Crippen MR) is 96.2 cm³/mol. The smallest absolute Gasteiger partial charge is 0.270 e. The maximum absolute atomic E-state index is 13.2. The summed E-state index contributed by atoms with van der Waals surface area (Å²) in [5.74, 6) is -0.529. The Bertz CT molecular complexity index is 856. The molecule has 3 aromatic rings. The highest BCUT2D eigenvalue weighted by Gasteiger charge is 2.18. The molecule has 3 rings (SSSR count). The molecule has 0 spiro atoms. The van der Waals surface area contributed by atoms with Crippen molar-refractivity contribution in [2.75, 3.05) is 0 Å². The van der Waals surface area contributed by atoms with Crippen molar-refractivity contribution in [3.8, 4) is 16.9 Å². The summed E-state index contributed by atoms with van der Waals surface area (Å²) < 4.78 is 14.8. The molecule has 128 valence electrons. The van der Waals surface area contributed by atoms with Gasteiger partial charge in [-0.25, -0.2) is 9.07 Å². The maximum Gasteiger partial charge on any atom is 0.270 e. The fourth-order valence-corrected chi connectivity index (χ4v) is 2.47. The number of benzene rings is 2. The van der Waals surface area contributed by atoms with Gasteiger partial charge in [-0.2, -0.15) is 5.10 Å². The van der Waals surface area contributed by atoms with Gasteiger partial charge in [-0.3, -0.25) is 4.79 Å². The van der Waals surface area contributed by atoms with Crippen molar-refractivity contribution in [2.24, 2.45) is 0 Å². The number of amides is 1. The minimum atomic E-state index is -0.329. The summed E-state index contributed by atoms with van der Waals surface area (Å²) in [5.41, 5.74) is 2.67. The number of rotatable bonds is 5. The van der Waals surface area contributed by atoms with Crippen molar-refractivity contribution in [1.29, 1.82) is 0 Å². The van der Waals surface area contributed by atoms with E-state index in [1.165, 1.54) is 12.1 Å². The van der Waals surface area contributed by atoms with Crippen LogP contribution >= 0.6 is 0 Å². The molecule has 0 saturated carbocycles. The molecule has 0 radical (unpaired) electrons. The molecule has 0 bridgehead atoms. The standard InChI is InChI=1S/C20H20FN3O/c1-3-14(2)22-20(25)19-13-18(15-7-5-4-6-8-15)23-24(19)17-11-9-16(21)10-12-17/h4-14H,3H2,1-2H3,(H,22,25)/t14-/m0/s1. The number of aromatic nitrogens is 2. The summed E-state index contributed by atoms with van der Waals surface area (Å²) in [6, 6.07) is 17.4. The molecule has 5 heteroatoms. The third-order valence-electron chi connectivity index (χ3n) is 4.07. The van der Waals surface area contributed by atoms with E-state index in [1.807, 2.05) is 44.2 Å². The largest absolute Gasteiger partial charge is 0.348 e. The van der Waals surface area contributed by atoms with Gasteiger partial charge < -0.3 is 5.32 Å². The topological polar surface area (TPSA) is 46.9 Å². The Morgan fingerprint density at radius 3 is 2.48 bits per heavy atom. The fraction of sp³-hybridized carbons (Fsp3) is 0.200. The molecule has 1 atom stereocenters. The van der Waals surface area contributed by atoms with Crippen LogP contribution in [0, 0.1) is 5.82 Å². The van der Waals surface area contributed by atoms with Crippen molar-refractivity contribution >= 4 is 5.91 Å². The molecule has 0 aliphatic heterocycles. The molecule has 1 aromatic heterocycles. The zero-order valence-corrected chi connectivity index (χ0v) is 14.2. The lowest BCUT2D eigenvalue weighted by Crippen LogP contribution is -2.33. The first kappa shape index (κ1) is 16.9. The minimum absolute atomic E-state index is 0.0595. The zero-order valence-electron chi connectivity index (χ0n) is 14.2. The summed E-state index contributed by atoms with van der Waals surface area (Å²) in [6.45, 7) is 3.96. The number of hydrogen-bond acceptors (Lipinski definition) is 2. The van der Waals surface area contributed by atoms with Gasteiger partial charge in [-0.15, -0.1) is 0 Å². The molecule has 0 aliphatic rings. The Hall–Kier alpha value is -2.95. The summed E-state index contributed by atoms with van der Waals surface area (Å²) in [7, 11) is 0. The number of nitrogens with one attached hydrogen (secondary N) is 1. The average Bonchev–Trinajstić information content (AvgIpc) is 3.08. The molecule has 0 saturated heterocycles. The molecule has 2 aromatic carbocycles. The molecule has 0 fully saturated rings. The molecular weight excluding hydrogens is 317 g/mol. The van der Waals surface area contributed by atoms with Gasteiger partial charge in [-0.1, -0.05) is 37.3 Å². The normalized spacial score (nSPS) is 12.0. The SMILES string of the molecule is CC[C@H](C)NC(=O)c1cc(-c2ccccc2)nn1-c1ccc(F)cc1. The third kappa shape index (κ3) is 3.76. The molecule has 1 heterocycles. The fourth-order valence-electron chi connectivity index (χ4n) is 2.47. The van der Waals surface area contributed by atoms with Crippen LogP contribution in [0.3, 0.4) is 0 Å². The van der Waals surface area contributed by atoms with E-state index in [0.29, 0.717) is 17.1 Å². The lowest BCUT2D eigenvalue weighted by molar-refractivity contribution is 0.0931. The van der Waals surface area contributed by atoms with E-state index in [0.717, 1.165) is 12.0 Å². The van der Waals surface area contributed by atoms with Crippen molar-refractivity contribution in [3.63, 3.8) is 0 Å². The Labute approximate surface area is 146 Å². The summed E-state index contributed by atoms with van der Waals surface area (Å²) in [4.78, 5) is 12.7. The molecule has 4 nitrogen and oxygen atoms in total. The van der Waals surface area contributed by atoms with Gasteiger partial charge in [0.25, 0.3) is 5.91 Å². The summed E-state index contributed by atoms with van der Waals surface area (Å²) in [6.07, 6.45) is 0.835. The quantitative estimate of drug-likeness (QED) is 0.758. The second-order valence-corrected chi connectivity index (χ2v) is 5.95. The van der Waals surface area contributed by atoms with Crippen LogP contribution in [0.15, 0.2) is 60.7 Å². The van der Waals surface area contributed by atoms with E-state index in [1.54, 1.807) is 22.9 Å². The monoisotopic (exact) mass is 337 g/mol. The molecule has 25 heavy (non-hydrogen) atoms. The van der Waals surface area contributed by atoms with E-state index >= 15 is 0 Å². The van der Waals surface area contributed by atoms with Crippen LogP contribution in [-0.2, 0) is 0 Å². The van der Waals surface area contributed by atoms with E-state index in [-0.39, 0.29) is 17.8 Å². The Kier molecular flexibility index (Phi) is 4.93. The second-order valence-electron chi connectivity index (χ2n) is 5.95. The van der Waals surface area contributed by atoms with E-state index < -0.39 is 0 Å². The molecule has 0 aliphatic carbocycles. The third-order valence-corrected chi connectivity index (χ3v) is 4.07. The van der Waals surface area contributed by atoms with Gasteiger partial charge in [-0.05, 0) is 43.7 Å². The van der Waals surface area contributed by atoms with Gasteiger partial charge in [0.2, 0.25) is 0 Å². The molecule has 1 amide bonds. The van der Waals surface area contributed by atoms with Crippen LogP contribution in [-0.4, -0.2) is 21.7 Å². The Morgan fingerprint density at radius 1 is 1.16 bits per heavy atom. The van der Waals surface area contributed by atoms with Gasteiger partial charge in [0, 0.05) is 11.6 Å². The highest BCUT2D eigenvalue weighted by atomic mass is 19.1. The van der Waals surface area contributed by atoms with E-state index in [2.05, 4.69) is 10.4 Å². The number of nitrogens with zero attached hydrogens (tertiary/aromatic N) is 2. The number of carbonyl (C=O) groups is 1. The van der Waals surface area contributed by atoms with E-state index in [9.17, 15) is 9.18 Å². The lowest BCUT2D eigenvalue weighted by Gasteiger charge is -2.12. The second kappa shape index (κ2) is 7.30. The van der Waals surface area contributed by atoms with Gasteiger partial charge >= 0.3 is 0 Å². The highest BCUT2D eigenvalue weighted by Crippen LogP contribution is 2.22. The highest BCUT2D eigenvalue weighted by molar-refractivity contribution is 5.94. The Morgan fingerprint density at radius 2 is 1.84 bits per heavy atom. The summed E-state index contributed by atoms with van der Waals surface area (Å²) in [5, 5.41) is 7.53. The first-order valence-corrected chi connectivity index (χ1v) is 8.30. The van der Waals surface area contributed by atoms with Crippen LogP contribution in [0.1, 0.15) is 30.8 Å². The minimum Gasteiger partial charge on any atom is -0.348 e. The van der Waals surface area contributed by atoms with Gasteiger partial charge in [0.05, 0.1) is 11.4 Å². The van der Waals surface area contributed by atoms with Gasteiger partial charge in [0.15, 0.2) is 0 Å². The molecular formula is C20H20FN3O. The predicted octanol–water partition coefficient (Wildman–Crippen LogP) is 4.21. The van der Waals surface area contributed by atoms with Crippen molar-refractivity contribution in [2.45, 2.75) is 26.3 Å². The number of halogens is 1. The molecule has 1 N–H and O–H groups in total. The summed E-state index contributed by atoms with van der Waals surface area (Å²) >= 11 is 0. The van der Waals surface area contributed by atoms with Gasteiger partial charge in [0.1, 0.15) is 11.5 Å². The first-order chi connectivity index (χ1) is 12.1. The van der Waals surface area contributed by atoms with Crippen LogP contribution < -0.4 is 5.32 Å².